The lowest BCUT2D eigenvalue weighted by atomic mass is 10.2. The molecule has 0 aliphatic carbocycles. The van der Waals surface area contributed by atoms with E-state index >= 15 is 0 Å². The molecule has 0 aliphatic heterocycles. The van der Waals surface area contributed by atoms with E-state index in [4.69, 9.17) is 6.42 Å². The first-order chi connectivity index (χ1) is 9.03. The monoisotopic (exact) mass is 304 g/mol. The molecule has 0 aliphatic rings. The first kappa shape index (κ1) is 19.1. The van der Waals surface area contributed by atoms with Gasteiger partial charge in [-0.05, 0) is 34.2 Å². The summed E-state index contributed by atoms with van der Waals surface area (Å²) >= 11 is 0. The van der Waals surface area contributed by atoms with E-state index in [0.29, 0.717) is 5.06 Å². The minimum absolute atomic E-state index is 0.0577. The predicted molar refractivity (Wildman–Crippen MR) is 78.8 cm³/mol. The Morgan fingerprint density at radius 3 is 2.30 bits per heavy atom. The molecule has 0 aromatic rings. The van der Waals surface area contributed by atoms with Crippen LogP contribution in [-0.2, 0) is 9.36 Å². The summed E-state index contributed by atoms with van der Waals surface area (Å²) in [7, 11) is -1.03. The second-order valence-electron chi connectivity index (χ2n) is 5.33. The summed E-state index contributed by atoms with van der Waals surface area (Å²) < 4.78 is 11.9. The molecule has 116 valence electrons. The Balaban J connectivity index is 4.76. The van der Waals surface area contributed by atoms with Gasteiger partial charge in [0.2, 0.25) is 5.91 Å². The number of aliphatic hydroxyl groups excluding tert-OH is 1. The Kier molecular flexibility index (Phi) is 7.46. The Morgan fingerprint density at radius 2 is 1.90 bits per heavy atom. The molecule has 0 heterocycles. The molecule has 3 unspecified atom stereocenters. The third kappa shape index (κ3) is 5.26. The number of terminal acetylenes is 1. The van der Waals surface area contributed by atoms with Crippen LogP contribution < -0.4 is 0 Å². The molecule has 0 aromatic heterocycles. The summed E-state index contributed by atoms with van der Waals surface area (Å²) in [5, 5.41) is 20.5. The molecular weight excluding hydrogens is 279 g/mol. The fourth-order valence-electron chi connectivity index (χ4n) is 1.74. The zero-order chi connectivity index (χ0) is 16.1. The number of hydroxylamine groups is 2. The van der Waals surface area contributed by atoms with Crippen molar-refractivity contribution in [2.75, 3.05) is 20.4 Å². The van der Waals surface area contributed by atoms with Gasteiger partial charge >= 0.3 is 0 Å². The number of amides is 1. The quantitative estimate of drug-likeness (QED) is 0.243. The molecule has 0 bridgehead atoms. The van der Waals surface area contributed by atoms with E-state index in [2.05, 4.69) is 5.92 Å². The number of carbonyl (C=O) groups excluding carboxylic acids is 1. The van der Waals surface area contributed by atoms with Crippen molar-refractivity contribution in [2.45, 2.75) is 44.7 Å². The van der Waals surface area contributed by atoms with Gasteiger partial charge in [0, 0.05) is 18.9 Å². The van der Waals surface area contributed by atoms with E-state index in [9.17, 15) is 19.7 Å². The zero-order valence-corrected chi connectivity index (χ0v) is 13.7. The van der Waals surface area contributed by atoms with Crippen molar-refractivity contribution in [3.8, 4) is 12.3 Å². The maximum Gasteiger partial charge on any atom is 0.248 e. The van der Waals surface area contributed by atoms with E-state index < -0.39 is 31.1 Å². The van der Waals surface area contributed by atoms with Gasteiger partial charge in [0.05, 0.1) is 0 Å². The highest BCUT2D eigenvalue weighted by atomic mass is 31.2. The van der Waals surface area contributed by atoms with E-state index in [0.717, 1.165) is 0 Å². The topological polar surface area (TPSA) is 81.1 Å². The van der Waals surface area contributed by atoms with Gasteiger partial charge in [0.25, 0.3) is 0 Å². The highest BCUT2D eigenvalue weighted by molar-refractivity contribution is 7.62. The molecule has 6 nitrogen and oxygen atoms in total. The van der Waals surface area contributed by atoms with E-state index in [1.807, 2.05) is 0 Å². The maximum absolute atomic E-state index is 11.9. The standard InChI is InChI=1S/C13H25N2O4P/c1-7-8-9-12(16)15(18)11(3)14(4)10(2)13(17)20(5,6)19/h1,10-11,13,17-18H,8-9H2,2-6H3. The molecule has 0 aromatic carbocycles. The Hall–Kier alpha value is -0.860. The second-order valence-corrected chi connectivity index (χ2v) is 8.73. The number of hydrogen-bond acceptors (Lipinski definition) is 5. The Morgan fingerprint density at radius 1 is 1.40 bits per heavy atom. The number of carbonyl (C=O) groups is 1. The van der Waals surface area contributed by atoms with Gasteiger partial charge < -0.3 is 9.67 Å². The summed E-state index contributed by atoms with van der Waals surface area (Å²) in [6.07, 6.45) is 4.73. The number of rotatable bonds is 7. The Labute approximate surface area is 121 Å². The van der Waals surface area contributed by atoms with Crippen LogP contribution in [0.25, 0.3) is 0 Å². The lowest BCUT2D eigenvalue weighted by Gasteiger charge is -2.37. The van der Waals surface area contributed by atoms with Gasteiger partial charge in [-0.2, -0.15) is 0 Å². The molecule has 7 heteroatoms. The fraction of sp³-hybridized carbons (Fsp3) is 0.769. The van der Waals surface area contributed by atoms with Crippen molar-refractivity contribution in [2.24, 2.45) is 0 Å². The summed E-state index contributed by atoms with van der Waals surface area (Å²) in [6.45, 7) is 6.32. The lowest BCUT2D eigenvalue weighted by Crippen LogP contribution is -2.52. The molecule has 3 atom stereocenters. The van der Waals surface area contributed by atoms with Gasteiger partial charge in [-0.3, -0.25) is 14.9 Å². The molecule has 0 rings (SSSR count). The number of nitrogens with zero attached hydrogens (tertiary/aromatic N) is 2. The van der Waals surface area contributed by atoms with Crippen LogP contribution in [-0.4, -0.2) is 64.6 Å². The summed E-state index contributed by atoms with van der Waals surface area (Å²) in [6, 6.07) is -0.471. The zero-order valence-electron chi connectivity index (χ0n) is 12.8. The van der Waals surface area contributed by atoms with Crippen LogP contribution in [0.15, 0.2) is 0 Å². The van der Waals surface area contributed by atoms with Crippen molar-refractivity contribution >= 4 is 13.0 Å². The number of aliphatic hydroxyl groups is 1. The van der Waals surface area contributed by atoms with Gasteiger partial charge in [0.1, 0.15) is 19.2 Å². The van der Waals surface area contributed by atoms with Gasteiger partial charge in [-0.15, -0.1) is 12.3 Å². The SMILES string of the molecule is C#CCCC(=O)N(O)C(C)N(C)C(C)C(O)P(C)(C)=O. The van der Waals surface area contributed by atoms with Crippen molar-refractivity contribution in [3.05, 3.63) is 0 Å². The normalized spacial score (nSPS) is 16.4. The van der Waals surface area contributed by atoms with E-state index in [1.165, 1.54) is 13.3 Å². The van der Waals surface area contributed by atoms with Crippen LogP contribution in [0.5, 0.6) is 0 Å². The fourth-order valence-corrected chi connectivity index (χ4v) is 2.99. The average molecular weight is 304 g/mol. The van der Waals surface area contributed by atoms with Crippen LogP contribution in [0.2, 0.25) is 0 Å². The summed E-state index contributed by atoms with van der Waals surface area (Å²) in [5.74, 6) is 0.824. The minimum Gasteiger partial charge on any atom is -0.384 e. The first-order valence-electron chi connectivity index (χ1n) is 6.43. The Bertz CT molecular complexity index is 415. The van der Waals surface area contributed by atoms with Crippen LogP contribution in [0, 0.1) is 12.3 Å². The maximum atomic E-state index is 11.9. The molecule has 0 saturated carbocycles. The molecule has 0 fully saturated rings. The molecule has 20 heavy (non-hydrogen) atoms. The molecule has 1 amide bonds. The highest BCUT2D eigenvalue weighted by Crippen LogP contribution is 2.43. The predicted octanol–water partition coefficient (Wildman–Crippen LogP) is 1.22. The second kappa shape index (κ2) is 7.80. The number of hydrogen-bond donors (Lipinski definition) is 2. The van der Waals surface area contributed by atoms with Crippen molar-refractivity contribution in [3.63, 3.8) is 0 Å². The smallest absolute Gasteiger partial charge is 0.248 e. The third-order valence-electron chi connectivity index (χ3n) is 3.39. The van der Waals surface area contributed by atoms with Crippen molar-refractivity contribution in [1.82, 2.24) is 9.96 Å². The highest BCUT2D eigenvalue weighted by Gasteiger charge is 2.33. The van der Waals surface area contributed by atoms with Crippen molar-refractivity contribution < 1.29 is 19.7 Å². The largest absolute Gasteiger partial charge is 0.384 e. The van der Waals surface area contributed by atoms with Crippen LogP contribution in [0.1, 0.15) is 26.7 Å². The molecule has 0 radical (unpaired) electrons. The first-order valence-corrected chi connectivity index (χ1v) is 9.10. The van der Waals surface area contributed by atoms with Gasteiger partial charge in [-0.1, -0.05) is 0 Å². The molecule has 0 saturated heterocycles. The van der Waals surface area contributed by atoms with E-state index in [1.54, 1.807) is 25.8 Å². The third-order valence-corrected chi connectivity index (χ3v) is 5.10. The average Bonchev–Trinajstić information content (AvgIpc) is 2.39. The summed E-state index contributed by atoms with van der Waals surface area (Å²) in [5.41, 5.74) is 0. The molecule has 0 spiro atoms. The van der Waals surface area contributed by atoms with Crippen LogP contribution >= 0.6 is 7.14 Å². The van der Waals surface area contributed by atoms with E-state index in [-0.39, 0.29) is 12.8 Å². The van der Waals surface area contributed by atoms with Crippen molar-refractivity contribution in [1.29, 1.82) is 0 Å². The molecular formula is C13H25N2O4P. The lowest BCUT2D eigenvalue weighted by molar-refractivity contribution is -0.192. The van der Waals surface area contributed by atoms with Gasteiger partial charge in [0.15, 0.2) is 0 Å². The summed E-state index contributed by atoms with van der Waals surface area (Å²) in [4.78, 5) is 13.3. The minimum atomic E-state index is -2.68. The molecule has 2 N–H and O–H groups in total. The van der Waals surface area contributed by atoms with Crippen LogP contribution in [0.3, 0.4) is 0 Å². The van der Waals surface area contributed by atoms with Crippen LogP contribution in [0.4, 0.5) is 0 Å². The van der Waals surface area contributed by atoms with Gasteiger partial charge in [-0.25, -0.2) is 5.06 Å². The number of likely N-dealkylation sites (N-methyl/N-ethyl adjacent to an activating group) is 1.